The Bertz CT molecular complexity index is 978. The molecular weight excluding hydrogens is 330 g/mol. The molecule has 0 saturated heterocycles. The van der Waals surface area contributed by atoms with Crippen molar-refractivity contribution < 1.29 is 4.57 Å². The highest BCUT2D eigenvalue weighted by atomic mass is 28.3. The minimum atomic E-state index is -1.31. The fourth-order valence-corrected chi connectivity index (χ4v) is 4.74. The van der Waals surface area contributed by atoms with Gasteiger partial charge >= 0.3 is 0 Å². The van der Waals surface area contributed by atoms with E-state index in [9.17, 15) is 0 Å². The summed E-state index contributed by atoms with van der Waals surface area (Å²) in [6.45, 7) is 16.3. The SMILES string of the molecule is Cc1cc(C(C)C)cc(-c2cc3cc([Si](C)(C)C)ccc3c[n+]2C)c1C. The maximum Gasteiger partial charge on any atom is 0.213 e. The molecule has 0 amide bonds. The second-order valence-electron chi connectivity index (χ2n) is 9.03. The molecule has 0 aliphatic heterocycles. The average Bonchev–Trinajstić information content (AvgIpc) is 2.55. The highest BCUT2D eigenvalue weighted by Crippen LogP contribution is 2.29. The number of fused-ring (bicyclic) bond motifs is 1. The van der Waals surface area contributed by atoms with Gasteiger partial charge in [0.05, 0.1) is 8.07 Å². The molecule has 3 rings (SSSR count). The van der Waals surface area contributed by atoms with Gasteiger partial charge in [-0.15, -0.1) is 0 Å². The number of hydrogen-bond acceptors (Lipinski definition) is 0. The first-order chi connectivity index (χ1) is 12.1. The van der Waals surface area contributed by atoms with Gasteiger partial charge in [-0.3, -0.25) is 0 Å². The quantitative estimate of drug-likeness (QED) is 0.421. The molecule has 0 saturated carbocycles. The molecule has 0 unspecified atom stereocenters. The third kappa shape index (κ3) is 3.48. The van der Waals surface area contributed by atoms with Gasteiger partial charge in [-0.1, -0.05) is 56.9 Å². The molecule has 0 N–H and O–H groups in total. The van der Waals surface area contributed by atoms with Gasteiger partial charge in [-0.2, -0.15) is 0 Å². The van der Waals surface area contributed by atoms with Crippen molar-refractivity contribution in [1.29, 1.82) is 0 Å². The molecule has 1 aromatic heterocycles. The van der Waals surface area contributed by atoms with E-state index in [0.717, 1.165) is 0 Å². The largest absolute Gasteiger partial charge is 0.213 e. The van der Waals surface area contributed by atoms with Crippen molar-refractivity contribution in [3.05, 3.63) is 59.3 Å². The van der Waals surface area contributed by atoms with Crippen molar-refractivity contribution in [3.63, 3.8) is 0 Å². The molecule has 0 atom stereocenters. The normalized spacial score (nSPS) is 12.2. The highest BCUT2D eigenvalue weighted by molar-refractivity contribution is 6.88. The molecule has 2 heteroatoms. The van der Waals surface area contributed by atoms with Crippen LogP contribution < -0.4 is 9.75 Å². The fourth-order valence-electron chi connectivity index (χ4n) is 3.57. The van der Waals surface area contributed by atoms with Crippen molar-refractivity contribution >= 4 is 24.0 Å². The lowest BCUT2D eigenvalue weighted by molar-refractivity contribution is -0.659. The Kier molecular flexibility index (Phi) is 4.83. The van der Waals surface area contributed by atoms with E-state index in [0.29, 0.717) is 5.92 Å². The summed E-state index contributed by atoms with van der Waals surface area (Å²) in [5, 5.41) is 4.19. The third-order valence-corrected chi connectivity index (χ3v) is 7.63. The van der Waals surface area contributed by atoms with Gasteiger partial charge in [0.15, 0.2) is 6.20 Å². The second-order valence-corrected chi connectivity index (χ2v) is 14.1. The number of pyridine rings is 1. The van der Waals surface area contributed by atoms with E-state index in [4.69, 9.17) is 0 Å². The van der Waals surface area contributed by atoms with Crippen LogP contribution in [0.1, 0.15) is 36.5 Å². The summed E-state index contributed by atoms with van der Waals surface area (Å²) in [6, 6.07) is 14.1. The second kappa shape index (κ2) is 6.66. The van der Waals surface area contributed by atoms with Crippen molar-refractivity contribution in [2.24, 2.45) is 7.05 Å². The van der Waals surface area contributed by atoms with Crippen LogP contribution in [-0.4, -0.2) is 8.07 Å². The Hall–Kier alpha value is -1.93. The van der Waals surface area contributed by atoms with Crippen LogP contribution >= 0.6 is 0 Å². The summed E-state index contributed by atoms with van der Waals surface area (Å²) in [5.41, 5.74) is 6.83. The van der Waals surface area contributed by atoms with Gasteiger partial charge in [-0.05, 0) is 54.0 Å². The zero-order valence-electron chi connectivity index (χ0n) is 17.6. The maximum absolute atomic E-state index is 2.42. The smallest absolute Gasteiger partial charge is 0.200 e. The van der Waals surface area contributed by atoms with E-state index in [1.807, 2.05) is 0 Å². The number of nitrogens with zero attached hydrogens (tertiary/aromatic N) is 1. The first-order valence-corrected chi connectivity index (χ1v) is 13.1. The van der Waals surface area contributed by atoms with Crippen LogP contribution in [0.4, 0.5) is 0 Å². The Morgan fingerprint density at radius 1 is 0.885 bits per heavy atom. The zero-order chi connectivity index (χ0) is 19.2. The predicted octanol–water partition coefficient (Wildman–Crippen LogP) is 5.62. The average molecular weight is 363 g/mol. The minimum Gasteiger partial charge on any atom is -0.200 e. The lowest BCUT2D eigenvalue weighted by Crippen LogP contribution is -2.37. The third-order valence-electron chi connectivity index (χ3n) is 5.59. The van der Waals surface area contributed by atoms with E-state index < -0.39 is 8.07 Å². The molecule has 0 fully saturated rings. The Morgan fingerprint density at radius 2 is 1.58 bits per heavy atom. The Labute approximate surface area is 159 Å². The molecule has 0 bridgehead atoms. The monoisotopic (exact) mass is 362 g/mol. The molecule has 1 nitrogen and oxygen atoms in total. The topological polar surface area (TPSA) is 3.88 Å². The fraction of sp³-hybridized carbons (Fsp3) is 0.375. The molecule has 136 valence electrons. The summed E-state index contributed by atoms with van der Waals surface area (Å²) in [4.78, 5) is 0. The van der Waals surface area contributed by atoms with E-state index >= 15 is 0 Å². The molecule has 0 aliphatic carbocycles. The first-order valence-electron chi connectivity index (χ1n) is 9.63. The van der Waals surface area contributed by atoms with Crippen LogP contribution in [0, 0.1) is 13.8 Å². The molecular formula is C24H32NSi+. The maximum atomic E-state index is 2.42. The number of aromatic nitrogens is 1. The molecule has 0 radical (unpaired) electrons. The number of aryl methyl sites for hydroxylation is 2. The molecule has 2 aromatic carbocycles. The van der Waals surface area contributed by atoms with Crippen molar-refractivity contribution in [2.45, 2.75) is 53.3 Å². The highest BCUT2D eigenvalue weighted by Gasteiger charge is 2.20. The van der Waals surface area contributed by atoms with Gasteiger partial charge in [0, 0.05) is 17.0 Å². The first kappa shape index (κ1) is 18.8. The van der Waals surface area contributed by atoms with Gasteiger partial charge < -0.3 is 0 Å². The van der Waals surface area contributed by atoms with Crippen LogP contribution in [-0.2, 0) is 7.05 Å². The predicted molar refractivity (Wildman–Crippen MR) is 117 cm³/mol. The lowest BCUT2D eigenvalue weighted by atomic mass is 9.92. The number of benzene rings is 2. The van der Waals surface area contributed by atoms with E-state index in [-0.39, 0.29) is 0 Å². The number of rotatable bonds is 3. The van der Waals surface area contributed by atoms with E-state index in [1.54, 1.807) is 0 Å². The standard InChI is InChI=1S/C24H32NSi/c1-16(2)20-11-17(3)18(4)23(13-20)24-14-21-12-22(26(6,7)8)10-9-19(21)15-25(24)5/h9-16H,1-8H3/q+1. The summed E-state index contributed by atoms with van der Waals surface area (Å²) >= 11 is 0. The Morgan fingerprint density at radius 3 is 2.19 bits per heavy atom. The molecule has 1 heterocycles. The Balaban J connectivity index is 2.26. The zero-order valence-corrected chi connectivity index (χ0v) is 18.6. The van der Waals surface area contributed by atoms with Crippen molar-refractivity contribution in [2.75, 3.05) is 0 Å². The minimum absolute atomic E-state index is 0.539. The van der Waals surface area contributed by atoms with Crippen LogP contribution in [0.5, 0.6) is 0 Å². The van der Waals surface area contributed by atoms with Gasteiger partial charge in [0.25, 0.3) is 0 Å². The lowest BCUT2D eigenvalue weighted by Gasteiger charge is -2.17. The van der Waals surface area contributed by atoms with Crippen LogP contribution in [0.3, 0.4) is 0 Å². The summed E-state index contributed by atoms with van der Waals surface area (Å²) in [6.07, 6.45) is 2.27. The van der Waals surface area contributed by atoms with Crippen LogP contribution in [0.15, 0.2) is 42.6 Å². The molecule has 0 spiro atoms. The van der Waals surface area contributed by atoms with Gasteiger partial charge in [0.1, 0.15) is 7.05 Å². The number of hydrogen-bond donors (Lipinski definition) is 0. The molecule has 0 aliphatic rings. The summed E-state index contributed by atoms with van der Waals surface area (Å²) < 4.78 is 2.28. The van der Waals surface area contributed by atoms with Crippen LogP contribution in [0.25, 0.3) is 22.0 Å². The van der Waals surface area contributed by atoms with E-state index in [1.165, 1.54) is 43.9 Å². The molecule has 26 heavy (non-hydrogen) atoms. The van der Waals surface area contributed by atoms with Gasteiger partial charge in [-0.25, -0.2) is 4.57 Å². The van der Waals surface area contributed by atoms with Gasteiger partial charge in [0.2, 0.25) is 5.69 Å². The van der Waals surface area contributed by atoms with Crippen LogP contribution in [0.2, 0.25) is 19.6 Å². The summed E-state index contributed by atoms with van der Waals surface area (Å²) in [7, 11) is 0.853. The molecule has 3 aromatic rings. The van der Waals surface area contributed by atoms with Crippen molar-refractivity contribution in [3.8, 4) is 11.3 Å². The van der Waals surface area contributed by atoms with E-state index in [2.05, 4.69) is 102 Å². The summed E-state index contributed by atoms with van der Waals surface area (Å²) in [5.74, 6) is 0.539. The van der Waals surface area contributed by atoms with Crippen molar-refractivity contribution in [1.82, 2.24) is 0 Å².